The Morgan fingerprint density at radius 1 is 1.47 bits per heavy atom. The van der Waals surface area contributed by atoms with Crippen LogP contribution < -0.4 is 5.32 Å². The fraction of sp³-hybridized carbons (Fsp3) is 0.692. The largest absolute Gasteiger partial charge is 0.315 e. The van der Waals surface area contributed by atoms with Crippen molar-refractivity contribution in [3.05, 3.63) is 21.3 Å². The molecular weight excluding hydrogens is 252 g/mol. The third kappa shape index (κ3) is 4.25. The fourth-order valence-corrected chi connectivity index (χ4v) is 3.46. The lowest BCUT2D eigenvalue weighted by Crippen LogP contribution is -2.43. The molecule has 0 radical (unpaired) electrons. The highest BCUT2D eigenvalue weighted by Gasteiger charge is 2.17. The van der Waals surface area contributed by atoms with Gasteiger partial charge in [0.25, 0.3) is 0 Å². The van der Waals surface area contributed by atoms with Crippen LogP contribution in [0.25, 0.3) is 0 Å². The Morgan fingerprint density at radius 2 is 2.35 bits per heavy atom. The number of hydrogen-bond donors (Lipinski definition) is 1. The Balaban J connectivity index is 1.62. The van der Waals surface area contributed by atoms with E-state index in [4.69, 9.17) is 11.6 Å². The van der Waals surface area contributed by atoms with Crippen LogP contribution in [0, 0.1) is 0 Å². The number of piperidine rings is 1. The molecule has 2 nitrogen and oxygen atoms in total. The summed E-state index contributed by atoms with van der Waals surface area (Å²) < 4.78 is 0.895. The summed E-state index contributed by atoms with van der Waals surface area (Å²) in [4.78, 5) is 3.86. The molecule has 0 spiro atoms. The summed E-state index contributed by atoms with van der Waals surface area (Å²) in [6.45, 7) is 3.43. The Morgan fingerprint density at radius 3 is 3.06 bits per heavy atom. The quantitative estimate of drug-likeness (QED) is 0.829. The van der Waals surface area contributed by atoms with Gasteiger partial charge in [-0.2, -0.15) is 0 Å². The minimum Gasteiger partial charge on any atom is -0.315 e. The van der Waals surface area contributed by atoms with Crippen molar-refractivity contribution in [2.24, 2.45) is 0 Å². The lowest BCUT2D eigenvalue weighted by atomic mass is 10.0. The highest BCUT2D eigenvalue weighted by molar-refractivity contribution is 7.16. The van der Waals surface area contributed by atoms with Gasteiger partial charge < -0.3 is 10.2 Å². The SMILES string of the molecule is CN1CCCCC1CNCCc1ccc(Cl)s1. The van der Waals surface area contributed by atoms with Crippen LogP contribution in [0.5, 0.6) is 0 Å². The summed E-state index contributed by atoms with van der Waals surface area (Å²) in [7, 11) is 2.24. The van der Waals surface area contributed by atoms with Crippen LogP contribution in [0.2, 0.25) is 4.34 Å². The number of halogens is 1. The van der Waals surface area contributed by atoms with E-state index in [9.17, 15) is 0 Å². The summed E-state index contributed by atoms with van der Waals surface area (Å²) in [5.74, 6) is 0. The van der Waals surface area contributed by atoms with Crippen molar-refractivity contribution >= 4 is 22.9 Å². The molecule has 1 N–H and O–H groups in total. The maximum Gasteiger partial charge on any atom is 0.0931 e. The highest BCUT2D eigenvalue weighted by Crippen LogP contribution is 2.21. The summed E-state index contributed by atoms with van der Waals surface area (Å²) in [5, 5.41) is 3.57. The summed E-state index contributed by atoms with van der Waals surface area (Å²) in [6.07, 6.45) is 5.18. The second-order valence-corrected chi connectivity index (χ2v) is 6.59. The zero-order valence-electron chi connectivity index (χ0n) is 10.4. The minimum absolute atomic E-state index is 0.732. The summed E-state index contributed by atoms with van der Waals surface area (Å²) >= 11 is 7.59. The number of likely N-dealkylation sites (N-methyl/N-ethyl adjacent to an activating group) is 1. The molecule has 0 bridgehead atoms. The summed E-state index contributed by atoms with van der Waals surface area (Å²) in [5.41, 5.74) is 0. The van der Waals surface area contributed by atoms with Crippen LogP contribution >= 0.6 is 22.9 Å². The second kappa shape index (κ2) is 6.74. The lowest BCUT2D eigenvalue weighted by molar-refractivity contribution is 0.182. The van der Waals surface area contributed by atoms with Crippen LogP contribution in [0.4, 0.5) is 0 Å². The maximum atomic E-state index is 5.91. The van der Waals surface area contributed by atoms with Crippen molar-refractivity contribution in [1.82, 2.24) is 10.2 Å². The minimum atomic E-state index is 0.732. The smallest absolute Gasteiger partial charge is 0.0931 e. The number of nitrogens with zero attached hydrogens (tertiary/aromatic N) is 1. The van der Waals surface area contributed by atoms with E-state index in [2.05, 4.69) is 23.3 Å². The van der Waals surface area contributed by atoms with Gasteiger partial charge in [-0.25, -0.2) is 0 Å². The van der Waals surface area contributed by atoms with Gasteiger partial charge >= 0.3 is 0 Å². The van der Waals surface area contributed by atoms with Gasteiger partial charge in [-0.05, 0) is 45.0 Å². The molecule has 1 aliphatic heterocycles. The molecule has 0 saturated carbocycles. The molecule has 1 unspecified atom stereocenters. The van der Waals surface area contributed by atoms with Crippen molar-refractivity contribution in [2.45, 2.75) is 31.7 Å². The molecule has 0 amide bonds. The normalized spacial score (nSPS) is 21.9. The van der Waals surface area contributed by atoms with Gasteiger partial charge in [0.05, 0.1) is 4.34 Å². The van der Waals surface area contributed by atoms with Crippen molar-refractivity contribution < 1.29 is 0 Å². The van der Waals surface area contributed by atoms with E-state index in [-0.39, 0.29) is 0 Å². The lowest BCUT2D eigenvalue weighted by Gasteiger charge is -2.32. The van der Waals surface area contributed by atoms with Gasteiger partial charge in [0.15, 0.2) is 0 Å². The molecule has 96 valence electrons. The zero-order valence-corrected chi connectivity index (χ0v) is 12.0. The molecule has 2 heterocycles. The zero-order chi connectivity index (χ0) is 12.1. The fourth-order valence-electron chi connectivity index (χ4n) is 2.37. The first-order valence-electron chi connectivity index (χ1n) is 6.41. The van der Waals surface area contributed by atoms with Gasteiger partial charge in [0, 0.05) is 24.0 Å². The molecule has 0 aliphatic carbocycles. The van der Waals surface area contributed by atoms with Crippen LogP contribution in [-0.2, 0) is 6.42 Å². The maximum absolute atomic E-state index is 5.91. The van der Waals surface area contributed by atoms with Crippen molar-refractivity contribution in [1.29, 1.82) is 0 Å². The number of hydrogen-bond acceptors (Lipinski definition) is 3. The Bertz CT molecular complexity index is 340. The van der Waals surface area contributed by atoms with Crippen LogP contribution in [0.1, 0.15) is 24.1 Å². The number of likely N-dealkylation sites (tertiary alicyclic amines) is 1. The Labute approximate surface area is 113 Å². The van der Waals surface area contributed by atoms with E-state index in [1.54, 1.807) is 11.3 Å². The number of rotatable bonds is 5. The standard InChI is InChI=1S/C13H21ClN2S/c1-16-9-3-2-4-11(16)10-15-8-7-12-5-6-13(14)17-12/h5-6,11,15H,2-4,7-10H2,1H3. The second-order valence-electron chi connectivity index (χ2n) is 4.79. The highest BCUT2D eigenvalue weighted by atomic mass is 35.5. The molecule has 4 heteroatoms. The topological polar surface area (TPSA) is 15.3 Å². The van der Waals surface area contributed by atoms with Gasteiger partial charge in [-0.3, -0.25) is 0 Å². The molecule has 1 aromatic rings. The molecule has 2 rings (SSSR count). The summed E-state index contributed by atoms with van der Waals surface area (Å²) in [6, 6.07) is 4.84. The molecule has 0 aromatic carbocycles. The van der Waals surface area contributed by atoms with Crippen molar-refractivity contribution in [3.8, 4) is 0 Å². The number of nitrogens with one attached hydrogen (secondary N) is 1. The number of thiophene rings is 1. The van der Waals surface area contributed by atoms with Crippen LogP contribution in [0.3, 0.4) is 0 Å². The van der Waals surface area contributed by atoms with E-state index in [1.165, 1.54) is 30.7 Å². The Hall–Kier alpha value is -0.0900. The average molecular weight is 273 g/mol. The first kappa shape index (κ1) is 13.3. The van der Waals surface area contributed by atoms with Crippen LogP contribution in [0.15, 0.2) is 12.1 Å². The van der Waals surface area contributed by atoms with Gasteiger partial charge in [-0.1, -0.05) is 18.0 Å². The van der Waals surface area contributed by atoms with Gasteiger partial charge in [-0.15, -0.1) is 11.3 Å². The van der Waals surface area contributed by atoms with Gasteiger partial charge in [0.2, 0.25) is 0 Å². The molecule has 1 saturated heterocycles. The van der Waals surface area contributed by atoms with Crippen LogP contribution in [-0.4, -0.2) is 37.6 Å². The third-order valence-corrected chi connectivity index (χ3v) is 4.77. The monoisotopic (exact) mass is 272 g/mol. The molecule has 1 atom stereocenters. The van der Waals surface area contributed by atoms with E-state index < -0.39 is 0 Å². The molecule has 1 aliphatic rings. The van der Waals surface area contributed by atoms with E-state index in [0.717, 1.165) is 29.9 Å². The van der Waals surface area contributed by atoms with Crippen molar-refractivity contribution in [2.75, 3.05) is 26.7 Å². The third-order valence-electron chi connectivity index (χ3n) is 3.48. The first-order valence-corrected chi connectivity index (χ1v) is 7.60. The molecular formula is C13H21ClN2S. The predicted octanol–water partition coefficient (Wildman–Crippen LogP) is 3.02. The molecule has 1 fully saturated rings. The van der Waals surface area contributed by atoms with E-state index >= 15 is 0 Å². The molecule has 1 aromatic heterocycles. The van der Waals surface area contributed by atoms with Gasteiger partial charge in [0.1, 0.15) is 0 Å². The first-order chi connectivity index (χ1) is 8.25. The van der Waals surface area contributed by atoms with Crippen molar-refractivity contribution in [3.63, 3.8) is 0 Å². The van der Waals surface area contributed by atoms with E-state index in [0.29, 0.717) is 0 Å². The van der Waals surface area contributed by atoms with E-state index in [1.807, 2.05) is 6.07 Å². The average Bonchev–Trinajstić information content (AvgIpc) is 2.73. The predicted molar refractivity (Wildman–Crippen MR) is 76.2 cm³/mol. The Kier molecular flexibility index (Phi) is 5.29. The molecule has 17 heavy (non-hydrogen) atoms.